The summed E-state index contributed by atoms with van der Waals surface area (Å²) in [5, 5.41) is 2.72. The standard InChI is InChI=1S/C26H27F3N4OS/c1-18(21-5-3-4-6-22(21)26(27,28)29)34-20-14-25(35-16-20)33-17-30-23-8-7-19(13-24(23)33)15-32-11-9-31(2)10-12-32/h3-8,13-14,16-18H,9-12,15H2,1-2H3/t18-/m1/s1. The lowest BCUT2D eigenvalue weighted by molar-refractivity contribution is -0.138. The van der Waals surface area contributed by atoms with Gasteiger partial charge in [0.15, 0.2) is 0 Å². The zero-order chi connectivity index (χ0) is 24.6. The first-order valence-electron chi connectivity index (χ1n) is 11.6. The van der Waals surface area contributed by atoms with Gasteiger partial charge in [-0.15, -0.1) is 11.3 Å². The van der Waals surface area contributed by atoms with Gasteiger partial charge in [-0.05, 0) is 37.7 Å². The number of fused-ring (bicyclic) bond motifs is 1. The Kier molecular flexibility index (Phi) is 6.57. The third-order valence-electron chi connectivity index (χ3n) is 6.43. The molecule has 1 aliphatic heterocycles. The molecule has 2 aromatic carbocycles. The summed E-state index contributed by atoms with van der Waals surface area (Å²) in [5.74, 6) is 0.532. The number of piperazine rings is 1. The number of thiophene rings is 1. The number of rotatable bonds is 6. The molecule has 0 unspecified atom stereocenters. The van der Waals surface area contributed by atoms with Crippen LogP contribution in [0.5, 0.6) is 5.75 Å². The second-order valence-corrected chi connectivity index (χ2v) is 9.87. The van der Waals surface area contributed by atoms with E-state index in [0.29, 0.717) is 5.75 Å². The fourth-order valence-electron chi connectivity index (χ4n) is 4.47. The Bertz CT molecular complexity index is 1310. The Morgan fingerprint density at radius 3 is 2.60 bits per heavy atom. The molecule has 0 N–H and O–H groups in total. The van der Waals surface area contributed by atoms with Crippen LogP contribution in [-0.4, -0.2) is 52.6 Å². The summed E-state index contributed by atoms with van der Waals surface area (Å²) in [5.41, 5.74) is 2.58. The lowest BCUT2D eigenvalue weighted by Gasteiger charge is -2.32. The molecular weight excluding hydrogens is 473 g/mol. The first kappa shape index (κ1) is 23.8. The highest BCUT2D eigenvalue weighted by molar-refractivity contribution is 7.12. The molecule has 3 heterocycles. The van der Waals surface area contributed by atoms with Crippen LogP contribution in [0.15, 0.2) is 60.2 Å². The van der Waals surface area contributed by atoms with Crippen molar-refractivity contribution in [3.8, 4) is 10.8 Å². The van der Waals surface area contributed by atoms with Crippen molar-refractivity contribution in [2.45, 2.75) is 25.7 Å². The van der Waals surface area contributed by atoms with E-state index in [-0.39, 0.29) is 5.56 Å². The van der Waals surface area contributed by atoms with E-state index in [2.05, 4.69) is 34.0 Å². The minimum Gasteiger partial charge on any atom is -0.485 e. The van der Waals surface area contributed by atoms with E-state index in [1.54, 1.807) is 19.3 Å². The summed E-state index contributed by atoms with van der Waals surface area (Å²) in [6.45, 7) is 6.78. The molecule has 5 rings (SSSR count). The predicted octanol–water partition coefficient (Wildman–Crippen LogP) is 5.99. The van der Waals surface area contributed by atoms with E-state index in [4.69, 9.17) is 4.74 Å². The quantitative estimate of drug-likeness (QED) is 0.326. The molecule has 2 aromatic heterocycles. The van der Waals surface area contributed by atoms with Crippen molar-refractivity contribution in [2.24, 2.45) is 0 Å². The second-order valence-electron chi connectivity index (χ2n) is 8.98. The highest BCUT2D eigenvalue weighted by Gasteiger charge is 2.34. The maximum Gasteiger partial charge on any atom is 0.416 e. The maximum absolute atomic E-state index is 13.4. The molecule has 35 heavy (non-hydrogen) atoms. The zero-order valence-corrected chi connectivity index (χ0v) is 20.4. The third-order valence-corrected chi connectivity index (χ3v) is 7.34. The van der Waals surface area contributed by atoms with Crippen molar-refractivity contribution in [1.29, 1.82) is 0 Å². The fourth-order valence-corrected chi connectivity index (χ4v) is 5.27. The molecule has 5 nitrogen and oxygen atoms in total. The van der Waals surface area contributed by atoms with Gasteiger partial charge in [0.2, 0.25) is 0 Å². The van der Waals surface area contributed by atoms with Gasteiger partial charge in [-0.25, -0.2) is 4.98 Å². The summed E-state index contributed by atoms with van der Waals surface area (Å²) >= 11 is 1.47. The van der Waals surface area contributed by atoms with Crippen LogP contribution in [0.2, 0.25) is 0 Å². The molecule has 184 valence electrons. The predicted molar refractivity (Wildman–Crippen MR) is 132 cm³/mol. The highest BCUT2D eigenvalue weighted by Crippen LogP contribution is 2.37. The largest absolute Gasteiger partial charge is 0.485 e. The number of aromatic nitrogens is 2. The molecule has 1 fully saturated rings. The van der Waals surface area contributed by atoms with Crippen LogP contribution in [0.25, 0.3) is 16.0 Å². The van der Waals surface area contributed by atoms with Crippen molar-refractivity contribution in [3.63, 3.8) is 0 Å². The summed E-state index contributed by atoms with van der Waals surface area (Å²) in [4.78, 5) is 9.33. The number of nitrogens with zero attached hydrogens (tertiary/aromatic N) is 4. The van der Waals surface area contributed by atoms with E-state index < -0.39 is 17.8 Å². The van der Waals surface area contributed by atoms with Gasteiger partial charge in [0.05, 0.1) is 16.6 Å². The molecule has 1 aliphatic rings. The highest BCUT2D eigenvalue weighted by atomic mass is 32.1. The number of halogens is 3. The van der Waals surface area contributed by atoms with Gasteiger partial charge in [0.1, 0.15) is 23.2 Å². The first-order valence-corrected chi connectivity index (χ1v) is 12.4. The summed E-state index contributed by atoms with van der Waals surface area (Å²) in [7, 11) is 2.15. The van der Waals surface area contributed by atoms with Gasteiger partial charge in [-0.2, -0.15) is 13.2 Å². The van der Waals surface area contributed by atoms with E-state index in [1.807, 2.05) is 22.1 Å². The van der Waals surface area contributed by atoms with Crippen molar-refractivity contribution >= 4 is 22.4 Å². The monoisotopic (exact) mass is 500 g/mol. The lowest BCUT2D eigenvalue weighted by Crippen LogP contribution is -2.43. The Labute approximate surface area is 206 Å². The molecular formula is C26H27F3N4OS. The Morgan fingerprint density at radius 1 is 1.06 bits per heavy atom. The number of alkyl halides is 3. The smallest absolute Gasteiger partial charge is 0.416 e. The molecule has 1 saturated heterocycles. The minimum atomic E-state index is -4.43. The van der Waals surface area contributed by atoms with Gasteiger partial charge >= 0.3 is 6.18 Å². The van der Waals surface area contributed by atoms with Crippen LogP contribution in [0, 0.1) is 0 Å². The Balaban J connectivity index is 1.35. The van der Waals surface area contributed by atoms with Gasteiger partial charge < -0.3 is 9.64 Å². The molecule has 0 spiro atoms. The molecule has 1 atom stereocenters. The van der Waals surface area contributed by atoms with Crippen molar-refractivity contribution in [2.75, 3.05) is 33.2 Å². The van der Waals surface area contributed by atoms with Crippen LogP contribution in [0.3, 0.4) is 0 Å². The molecule has 4 aromatic rings. The van der Waals surface area contributed by atoms with Gasteiger partial charge in [0, 0.05) is 49.7 Å². The van der Waals surface area contributed by atoms with Crippen LogP contribution in [0.4, 0.5) is 13.2 Å². The van der Waals surface area contributed by atoms with Gasteiger partial charge in [-0.1, -0.05) is 24.3 Å². The van der Waals surface area contributed by atoms with Crippen molar-refractivity contribution < 1.29 is 17.9 Å². The number of hydrogen-bond donors (Lipinski definition) is 0. The van der Waals surface area contributed by atoms with E-state index >= 15 is 0 Å². The number of likely N-dealkylation sites (N-methyl/N-ethyl adjacent to an activating group) is 1. The van der Waals surface area contributed by atoms with Crippen molar-refractivity contribution in [3.05, 3.63) is 76.9 Å². The molecule has 0 radical (unpaired) electrons. The Hall–Kier alpha value is -2.88. The minimum absolute atomic E-state index is 0.120. The van der Waals surface area contributed by atoms with Crippen LogP contribution >= 0.6 is 11.3 Å². The number of hydrogen-bond acceptors (Lipinski definition) is 5. The summed E-state index contributed by atoms with van der Waals surface area (Å²) in [6.07, 6.45) is -3.39. The average molecular weight is 501 g/mol. The molecule has 0 bridgehead atoms. The normalized spacial score (nSPS) is 16.6. The van der Waals surface area contributed by atoms with E-state index in [0.717, 1.165) is 54.8 Å². The maximum atomic E-state index is 13.4. The fraction of sp³-hybridized carbons (Fsp3) is 0.346. The van der Waals surface area contributed by atoms with Crippen LogP contribution < -0.4 is 4.74 Å². The topological polar surface area (TPSA) is 33.5 Å². The zero-order valence-electron chi connectivity index (χ0n) is 19.6. The summed E-state index contributed by atoms with van der Waals surface area (Å²) < 4.78 is 48.2. The molecule has 9 heteroatoms. The Morgan fingerprint density at radius 2 is 1.83 bits per heavy atom. The third kappa shape index (κ3) is 5.22. The molecule has 0 aliphatic carbocycles. The average Bonchev–Trinajstić information content (AvgIpc) is 3.46. The van der Waals surface area contributed by atoms with E-state index in [9.17, 15) is 13.2 Å². The van der Waals surface area contributed by atoms with Gasteiger partial charge in [0.25, 0.3) is 0 Å². The van der Waals surface area contributed by atoms with Crippen LogP contribution in [0.1, 0.15) is 29.7 Å². The van der Waals surface area contributed by atoms with Crippen molar-refractivity contribution in [1.82, 2.24) is 19.4 Å². The first-order chi connectivity index (χ1) is 16.8. The van der Waals surface area contributed by atoms with Gasteiger partial charge in [-0.3, -0.25) is 9.47 Å². The number of benzene rings is 2. The second kappa shape index (κ2) is 9.64. The lowest BCUT2D eigenvalue weighted by atomic mass is 10.0. The SMILES string of the molecule is C[C@@H](Oc1csc(-n2cnc3ccc(CN4CCN(C)CC4)cc32)c1)c1ccccc1C(F)(F)F. The molecule has 0 amide bonds. The number of imidazole rings is 1. The number of ether oxygens (including phenoxy) is 1. The summed E-state index contributed by atoms with van der Waals surface area (Å²) in [6, 6.07) is 13.7. The van der Waals surface area contributed by atoms with E-state index in [1.165, 1.54) is 29.0 Å². The molecule has 0 saturated carbocycles. The van der Waals surface area contributed by atoms with Crippen LogP contribution in [-0.2, 0) is 12.7 Å².